The van der Waals surface area contributed by atoms with Crippen molar-refractivity contribution in [3.8, 4) is 0 Å². The molecule has 0 unspecified atom stereocenters. The van der Waals surface area contributed by atoms with Crippen LogP contribution in [0, 0.1) is 6.92 Å². The number of oxime groups is 1. The smallest absolute Gasteiger partial charge is 0.297 e. The number of rotatable bonds is 7. The Balaban J connectivity index is 1.57. The third kappa shape index (κ3) is 5.94. The summed E-state index contributed by atoms with van der Waals surface area (Å²) >= 11 is 0. The van der Waals surface area contributed by atoms with E-state index >= 15 is 0 Å². The number of sulfonamides is 1. The second-order valence-corrected chi connectivity index (χ2v) is 9.60. The van der Waals surface area contributed by atoms with E-state index in [-0.39, 0.29) is 16.3 Å². The van der Waals surface area contributed by atoms with Crippen molar-refractivity contribution >= 4 is 44.0 Å². The molecule has 1 amide bonds. The molecule has 0 fully saturated rings. The molecule has 0 radical (unpaired) electrons. The van der Waals surface area contributed by atoms with Crippen molar-refractivity contribution in [1.29, 1.82) is 0 Å². The van der Waals surface area contributed by atoms with E-state index in [4.69, 9.17) is 4.84 Å². The predicted octanol–water partition coefficient (Wildman–Crippen LogP) is 5.46. The SMILES string of the molecule is CC(=NOC(=O)Nc1cccc2ccccc12)C(=NNS(=O)(=O)c1ccccc1)c1ccc(C)cc1. The summed E-state index contributed by atoms with van der Waals surface area (Å²) in [5.74, 6) is 0. The van der Waals surface area contributed by atoms with E-state index in [0.29, 0.717) is 11.3 Å². The molecular weight excluding hydrogens is 476 g/mol. The summed E-state index contributed by atoms with van der Waals surface area (Å²) in [6.45, 7) is 3.50. The summed E-state index contributed by atoms with van der Waals surface area (Å²) in [6, 6.07) is 28.3. The van der Waals surface area contributed by atoms with E-state index in [9.17, 15) is 13.2 Å². The fraction of sp³-hybridized carbons (Fsp3) is 0.0741. The van der Waals surface area contributed by atoms with Crippen LogP contribution in [0.25, 0.3) is 10.8 Å². The maximum Gasteiger partial charge on any atom is 0.437 e. The van der Waals surface area contributed by atoms with Gasteiger partial charge in [-0.15, -0.1) is 0 Å². The Bertz CT molecular complexity index is 1540. The molecule has 9 heteroatoms. The fourth-order valence-electron chi connectivity index (χ4n) is 3.44. The average molecular weight is 501 g/mol. The molecule has 0 aromatic heterocycles. The van der Waals surface area contributed by atoms with Gasteiger partial charge in [-0.05, 0) is 37.4 Å². The molecule has 0 heterocycles. The summed E-state index contributed by atoms with van der Waals surface area (Å²) in [5, 5.41) is 12.5. The molecule has 0 spiro atoms. The van der Waals surface area contributed by atoms with Crippen molar-refractivity contribution in [2.75, 3.05) is 5.32 Å². The molecule has 0 atom stereocenters. The van der Waals surface area contributed by atoms with Crippen molar-refractivity contribution in [3.05, 3.63) is 108 Å². The van der Waals surface area contributed by atoms with Crippen LogP contribution in [0.4, 0.5) is 10.5 Å². The van der Waals surface area contributed by atoms with Gasteiger partial charge >= 0.3 is 6.09 Å². The van der Waals surface area contributed by atoms with Gasteiger partial charge in [0.1, 0.15) is 11.4 Å². The van der Waals surface area contributed by atoms with Crippen molar-refractivity contribution in [2.45, 2.75) is 18.7 Å². The minimum absolute atomic E-state index is 0.0670. The summed E-state index contributed by atoms with van der Waals surface area (Å²) in [5.41, 5.74) is 2.59. The standard InChI is InChI=1S/C27H24N4O4S/c1-19-15-17-22(18-16-19)26(29-31-36(33,34)23-11-4-3-5-12-23)20(2)30-35-27(32)28-25-14-8-10-21-9-6-7-13-24(21)25/h3-18,31H,1-2H3,(H,28,32). The number of nitrogens with one attached hydrogen (secondary N) is 2. The first-order chi connectivity index (χ1) is 17.3. The lowest BCUT2D eigenvalue weighted by Crippen LogP contribution is -2.24. The lowest BCUT2D eigenvalue weighted by molar-refractivity contribution is 0.166. The van der Waals surface area contributed by atoms with Gasteiger partial charge in [-0.3, -0.25) is 10.2 Å². The summed E-state index contributed by atoms with van der Waals surface area (Å²) in [4.78, 5) is 19.9. The molecule has 0 saturated carbocycles. The van der Waals surface area contributed by atoms with E-state index < -0.39 is 16.1 Å². The Kier molecular flexibility index (Phi) is 7.41. The van der Waals surface area contributed by atoms with Crippen LogP contribution in [-0.2, 0) is 14.9 Å². The first-order valence-electron chi connectivity index (χ1n) is 11.1. The average Bonchev–Trinajstić information content (AvgIpc) is 2.89. The Morgan fingerprint density at radius 2 is 1.50 bits per heavy atom. The highest BCUT2D eigenvalue weighted by Gasteiger charge is 2.16. The Hall–Kier alpha value is -4.50. The van der Waals surface area contributed by atoms with E-state index in [1.807, 2.05) is 55.5 Å². The quantitative estimate of drug-likeness (QED) is 0.200. The van der Waals surface area contributed by atoms with Crippen LogP contribution >= 0.6 is 0 Å². The molecule has 2 N–H and O–H groups in total. The first kappa shape index (κ1) is 24.6. The highest BCUT2D eigenvalue weighted by Crippen LogP contribution is 2.23. The van der Waals surface area contributed by atoms with Crippen molar-refractivity contribution in [1.82, 2.24) is 4.83 Å². The Morgan fingerprint density at radius 3 is 2.25 bits per heavy atom. The van der Waals surface area contributed by atoms with Crippen LogP contribution in [0.5, 0.6) is 0 Å². The number of benzene rings is 4. The number of hydrogen-bond acceptors (Lipinski definition) is 6. The number of hydrogen-bond donors (Lipinski definition) is 2. The second-order valence-electron chi connectivity index (χ2n) is 7.94. The van der Waals surface area contributed by atoms with Gasteiger partial charge < -0.3 is 0 Å². The molecule has 0 bridgehead atoms. The van der Waals surface area contributed by atoms with Crippen LogP contribution in [0.2, 0.25) is 0 Å². The highest BCUT2D eigenvalue weighted by molar-refractivity contribution is 7.89. The maximum atomic E-state index is 12.7. The monoisotopic (exact) mass is 500 g/mol. The van der Waals surface area contributed by atoms with Crippen LogP contribution in [0.1, 0.15) is 18.1 Å². The van der Waals surface area contributed by atoms with E-state index in [1.54, 1.807) is 43.3 Å². The number of anilines is 1. The van der Waals surface area contributed by atoms with Crippen LogP contribution in [0.15, 0.2) is 112 Å². The zero-order chi connectivity index (χ0) is 25.5. The van der Waals surface area contributed by atoms with Gasteiger partial charge in [0, 0.05) is 10.9 Å². The van der Waals surface area contributed by atoms with E-state index in [0.717, 1.165) is 16.3 Å². The molecule has 0 aliphatic carbocycles. The molecule has 0 aliphatic heterocycles. The second kappa shape index (κ2) is 10.8. The number of nitrogens with zero attached hydrogens (tertiary/aromatic N) is 2. The van der Waals surface area contributed by atoms with E-state index in [2.05, 4.69) is 20.4 Å². The van der Waals surface area contributed by atoms with Gasteiger partial charge in [-0.1, -0.05) is 89.6 Å². The number of carbonyl (C=O) groups excluding carboxylic acids is 1. The number of aryl methyl sites for hydroxylation is 1. The van der Waals surface area contributed by atoms with Gasteiger partial charge in [-0.2, -0.15) is 18.4 Å². The molecule has 0 aliphatic rings. The summed E-state index contributed by atoms with van der Waals surface area (Å²) in [6.07, 6.45) is -0.793. The van der Waals surface area contributed by atoms with Crippen LogP contribution in [0.3, 0.4) is 0 Å². The third-order valence-electron chi connectivity index (χ3n) is 5.29. The predicted molar refractivity (Wildman–Crippen MR) is 142 cm³/mol. The van der Waals surface area contributed by atoms with Crippen LogP contribution in [-0.4, -0.2) is 25.9 Å². The van der Waals surface area contributed by atoms with Crippen molar-refractivity contribution < 1.29 is 18.0 Å². The van der Waals surface area contributed by atoms with Crippen molar-refractivity contribution in [3.63, 3.8) is 0 Å². The zero-order valence-electron chi connectivity index (χ0n) is 19.7. The number of carbonyl (C=O) groups is 1. The van der Waals surface area contributed by atoms with Gasteiger partial charge in [0.25, 0.3) is 10.0 Å². The van der Waals surface area contributed by atoms with Crippen LogP contribution < -0.4 is 10.1 Å². The van der Waals surface area contributed by atoms with Gasteiger partial charge in [0.05, 0.1) is 10.6 Å². The van der Waals surface area contributed by atoms with E-state index in [1.165, 1.54) is 12.1 Å². The lowest BCUT2D eigenvalue weighted by atomic mass is 10.1. The topological polar surface area (TPSA) is 109 Å². The molecule has 36 heavy (non-hydrogen) atoms. The third-order valence-corrected chi connectivity index (χ3v) is 6.52. The maximum absolute atomic E-state index is 12.7. The Morgan fingerprint density at radius 1 is 0.833 bits per heavy atom. The number of fused-ring (bicyclic) bond motifs is 1. The molecule has 4 rings (SSSR count). The molecule has 4 aromatic rings. The molecular formula is C27H24N4O4S. The highest BCUT2D eigenvalue weighted by atomic mass is 32.2. The lowest BCUT2D eigenvalue weighted by Gasteiger charge is -2.10. The largest absolute Gasteiger partial charge is 0.437 e. The van der Waals surface area contributed by atoms with Gasteiger partial charge in [-0.25, -0.2) is 4.79 Å². The minimum atomic E-state index is -3.91. The molecule has 182 valence electrons. The molecule has 4 aromatic carbocycles. The number of amides is 1. The Labute approximate surface area is 209 Å². The zero-order valence-corrected chi connectivity index (χ0v) is 20.5. The normalized spacial score (nSPS) is 12.3. The van der Waals surface area contributed by atoms with Gasteiger partial charge in [0.2, 0.25) is 0 Å². The summed E-state index contributed by atoms with van der Waals surface area (Å²) < 4.78 is 25.3. The molecule has 8 nitrogen and oxygen atoms in total. The number of hydrazone groups is 1. The minimum Gasteiger partial charge on any atom is -0.297 e. The van der Waals surface area contributed by atoms with Gasteiger partial charge in [0.15, 0.2) is 0 Å². The molecule has 0 saturated heterocycles. The first-order valence-corrected chi connectivity index (χ1v) is 12.5. The summed E-state index contributed by atoms with van der Waals surface area (Å²) in [7, 11) is -3.91. The van der Waals surface area contributed by atoms with Crippen molar-refractivity contribution in [2.24, 2.45) is 10.3 Å². The fourth-order valence-corrected chi connectivity index (χ4v) is 4.28.